The highest BCUT2D eigenvalue weighted by Crippen LogP contribution is 2.28. The van der Waals surface area contributed by atoms with Gasteiger partial charge < -0.3 is 5.32 Å². The molecule has 1 N–H and O–H groups in total. The average Bonchev–Trinajstić information content (AvgIpc) is 3.04. The van der Waals surface area contributed by atoms with Crippen molar-refractivity contribution in [1.29, 1.82) is 0 Å². The summed E-state index contributed by atoms with van der Waals surface area (Å²) in [6.45, 7) is 3.33. The van der Waals surface area contributed by atoms with Gasteiger partial charge in [0.05, 0.1) is 16.3 Å². The van der Waals surface area contributed by atoms with E-state index in [9.17, 15) is 0 Å². The molecule has 1 aliphatic rings. The third-order valence-corrected chi connectivity index (χ3v) is 5.97. The number of fused-ring (bicyclic) bond motifs is 1. The van der Waals surface area contributed by atoms with E-state index >= 15 is 0 Å². The maximum atomic E-state index is 4.71. The molecule has 1 aromatic carbocycles. The molecule has 2 nitrogen and oxygen atoms in total. The minimum atomic E-state index is 0.364. The van der Waals surface area contributed by atoms with Gasteiger partial charge in [0.25, 0.3) is 0 Å². The number of para-hydroxylation sites is 1. The zero-order chi connectivity index (χ0) is 12.4. The summed E-state index contributed by atoms with van der Waals surface area (Å²) in [5.74, 6) is 1.34. The van der Waals surface area contributed by atoms with E-state index in [1.807, 2.05) is 11.3 Å². The summed E-state index contributed by atoms with van der Waals surface area (Å²) < 4.78 is 1.29. The summed E-state index contributed by atoms with van der Waals surface area (Å²) in [5.41, 5.74) is 1.13. The smallest absolute Gasteiger partial charge is 0.111 e. The van der Waals surface area contributed by atoms with Crippen molar-refractivity contribution >= 4 is 33.3 Å². The Kier molecular flexibility index (Phi) is 3.87. The number of thiazole rings is 1. The van der Waals surface area contributed by atoms with Crippen LogP contribution in [0.5, 0.6) is 0 Å². The van der Waals surface area contributed by atoms with Crippen LogP contribution in [0.25, 0.3) is 10.2 Å². The van der Waals surface area contributed by atoms with Crippen LogP contribution in [0.2, 0.25) is 0 Å². The van der Waals surface area contributed by atoms with Gasteiger partial charge in [-0.25, -0.2) is 4.98 Å². The summed E-state index contributed by atoms with van der Waals surface area (Å²) in [6.07, 6.45) is 2.75. The second-order valence-corrected chi connectivity index (χ2v) is 7.26. The number of hydrogen-bond acceptors (Lipinski definition) is 4. The van der Waals surface area contributed by atoms with Gasteiger partial charge in [-0.2, -0.15) is 11.8 Å². The lowest BCUT2D eigenvalue weighted by Crippen LogP contribution is -2.26. The van der Waals surface area contributed by atoms with Crippen LogP contribution in [0.15, 0.2) is 24.3 Å². The fourth-order valence-corrected chi connectivity index (χ4v) is 4.48. The van der Waals surface area contributed by atoms with Crippen molar-refractivity contribution in [3.05, 3.63) is 29.3 Å². The Morgan fingerprint density at radius 1 is 1.44 bits per heavy atom. The summed E-state index contributed by atoms with van der Waals surface area (Å²) in [7, 11) is 0. The normalized spacial score (nSPS) is 21.5. The van der Waals surface area contributed by atoms with E-state index in [4.69, 9.17) is 4.98 Å². The van der Waals surface area contributed by atoms with Crippen molar-refractivity contribution in [2.24, 2.45) is 0 Å². The quantitative estimate of drug-likeness (QED) is 0.919. The maximum Gasteiger partial charge on any atom is 0.111 e. The number of rotatable bonds is 4. The van der Waals surface area contributed by atoms with Crippen molar-refractivity contribution in [1.82, 2.24) is 10.3 Å². The van der Waals surface area contributed by atoms with Crippen LogP contribution >= 0.6 is 23.1 Å². The third kappa shape index (κ3) is 2.71. The van der Waals surface area contributed by atoms with Gasteiger partial charge in [-0.3, -0.25) is 0 Å². The zero-order valence-electron chi connectivity index (χ0n) is 10.6. The molecule has 96 valence electrons. The topological polar surface area (TPSA) is 24.9 Å². The molecule has 0 bridgehead atoms. The van der Waals surface area contributed by atoms with Gasteiger partial charge in [0.1, 0.15) is 5.01 Å². The molecule has 0 saturated carbocycles. The minimum absolute atomic E-state index is 0.364. The van der Waals surface area contributed by atoms with E-state index in [0.717, 1.165) is 17.3 Å². The number of benzene rings is 1. The van der Waals surface area contributed by atoms with Gasteiger partial charge in [-0.05, 0) is 37.7 Å². The number of nitrogens with one attached hydrogen (secondary N) is 1. The SMILES string of the molecule is CC(NCC1CCCS1)c1nc2ccccc2s1. The van der Waals surface area contributed by atoms with Crippen molar-refractivity contribution in [2.45, 2.75) is 31.1 Å². The lowest BCUT2D eigenvalue weighted by Gasteiger charge is -2.14. The molecule has 1 aromatic heterocycles. The number of nitrogens with zero attached hydrogens (tertiary/aromatic N) is 1. The Bertz CT molecular complexity index is 484. The number of aromatic nitrogens is 1. The monoisotopic (exact) mass is 278 g/mol. The molecule has 2 heterocycles. The van der Waals surface area contributed by atoms with Crippen LogP contribution in [0, 0.1) is 0 Å². The first kappa shape index (κ1) is 12.5. The molecule has 1 aliphatic heterocycles. The first-order chi connectivity index (χ1) is 8.83. The fourth-order valence-electron chi connectivity index (χ4n) is 2.28. The molecule has 4 heteroatoms. The van der Waals surface area contributed by atoms with Gasteiger partial charge in [0, 0.05) is 11.8 Å². The first-order valence-electron chi connectivity index (χ1n) is 6.53. The summed E-state index contributed by atoms with van der Waals surface area (Å²) in [5, 5.41) is 5.64. The van der Waals surface area contributed by atoms with Crippen LogP contribution in [-0.2, 0) is 0 Å². The molecule has 0 aliphatic carbocycles. The van der Waals surface area contributed by atoms with Gasteiger partial charge in [-0.1, -0.05) is 12.1 Å². The summed E-state index contributed by atoms with van der Waals surface area (Å²) in [6, 6.07) is 8.74. The molecule has 2 atom stereocenters. The second-order valence-electron chi connectivity index (χ2n) is 4.78. The standard InChI is InChI=1S/C14H18N2S2/c1-10(15-9-11-5-4-8-17-11)14-16-12-6-2-3-7-13(12)18-14/h2-3,6-7,10-11,15H,4-5,8-9H2,1H3. The highest BCUT2D eigenvalue weighted by atomic mass is 32.2. The maximum absolute atomic E-state index is 4.71. The van der Waals surface area contributed by atoms with E-state index in [1.54, 1.807) is 0 Å². The van der Waals surface area contributed by atoms with Crippen LogP contribution < -0.4 is 5.32 Å². The van der Waals surface area contributed by atoms with E-state index < -0.39 is 0 Å². The Labute approximate surface area is 116 Å². The van der Waals surface area contributed by atoms with Crippen molar-refractivity contribution in [3.63, 3.8) is 0 Å². The molecule has 0 amide bonds. The van der Waals surface area contributed by atoms with Gasteiger partial charge in [-0.15, -0.1) is 11.3 Å². The lowest BCUT2D eigenvalue weighted by atomic mass is 10.2. The van der Waals surface area contributed by atoms with E-state index in [1.165, 1.54) is 28.3 Å². The van der Waals surface area contributed by atoms with Gasteiger partial charge >= 0.3 is 0 Å². The molecule has 18 heavy (non-hydrogen) atoms. The zero-order valence-corrected chi connectivity index (χ0v) is 12.2. The highest BCUT2D eigenvalue weighted by molar-refractivity contribution is 8.00. The molecule has 1 saturated heterocycles. The summed E-state index contributed by atoms with van der Waals surface area (Å²) >= 11 is 3.91. The van der Waals surface area contributed by atoms with Crippen molar-refractivity contribution < 1.29 is 0 Å². The molecule has 0 spiro atoms. The fraction of sp³-hybridized carbons (Fsp3) is 0.500. The van der Waals surface area contributed by atoms with Gasteiger partial charge in [0.15, 0.2) is 0 Å². The second kappa shape index (κ2) is 5.59. The molecule has 0 radical (unpaired) electrons. The predicted octanol–water partition coefficient (Wildman–Crippen LogP) is 3.84. The number of thioether (sulfide) groups is 1. The van der Waals surface area contributed by atoms with Crippen molar-refractivity contribution in [2.75, 3.05) is 12.3 Å². The molecule has 1 fully saturated rings. The lowest BCUT2D eigenvalue weighted by molar-refractivity contribution is 0.558. The van der Waals surface area contributed by atoms with E-state index in [0.29, 0.717) is 6.04 Å². The molecule has 2 aromatic rings. The van der Waals surface area contributed by atoms with E-state index in [-0.39, 0.29) is 0 Å². The molecular weight excluding hydrogens is 260 g/mol. The number of hydrogen-bond donors (Lipinski definition) is 1. The predicted molar refractivity (Wildman–Crippen MR) is 81.5 cm³/mol. The first-order valence-corrected chi connectivity index (χ1v) is 8.40. The molecule has 2 unspecified atom stereocenters. The Morgan fingerprint density at radius 3 is 3.11 bits per heavy atom. The third-order valence-electron chi connectivity index (χ3n) is 3.36. The Morgan fingerprint density at radius 2 is 2.33 bits per heavy atom. The minimum Gasteiger partial charge on any atom is -0.307 e. The molecule has 3 rings (SSSR count). The van der Waals surface area contributed by atoms with Crippen LogP contribution in [-0.4, -0.2) is 22.5 Å². The average molecular weight is 278 g/mol. The Balaban J connectivity index is 1.65. The Hall–Kier alpha value is -0.580. The van der Waals surface area contributed by atoms with Crippen molar-refractivity contribution in [3.8, 4) is 0 Å². The molecular formula is C14H18N2S2. The highest BCUT2D eigenvalue weighted by Gasteiger charge is 2.17. The largest absolute Gasteiger partial charge is 0.307 e. The van der Waals surface area contributed by atoms with Crippen LogP contribution in [0.4, 0.5) is 0 Å². The summed E-state index contributed by atoms with van der Waals surface area (Å²) in [4.78, 5) is 4.71. The van der Waals surface area contributed by atoms with Gasteiger partial charge in [0.2, 0.25) is 0 Å². The van der Waals surface area contributed by atoms with Crippen LogP contribution in [0.3, 0.4) is 0 Å². The van der Waals surface area contributed by atoms with Crippen LogP contribution in [0.1, 0.15) is 30.8 Å². The van der Waals surface area contributed by atoms with E-state index in [2.05, 4.69) is 48.3 Å².